The Hall–Kier alpha value is -2.73. The van der Waals surface area contributed by atoms with Crippen molar-refractivity contribution in [1.29, 1.82) is 0 Å². The third-order valence-corrected chi connectivity index (χ3v) is 4.84. The van der Waals surface area contributed by atoms with E-state index in [4.69, 9.17) is 4.74 Å². The number of nitrogens with zero attached hydrogens (tertiary/aromatic N) is 4. The molecule has 0 fully saturated rings. The van der Waals surface area contributed by atoms with Crippen LogP contribution >= 0.6 is 0 Å². The normalized spacial score (nSPS) is 18.4. The highest BCUT2D eigenvalue weighted by Crippen LogP contribution is 2.36. The van der Waals surface area contributed by atoms with Gasteiger partial charge in [0.15, 0.2) is 0 Å². The Balaban J connectivity index is 1.49. The van der Waals surface area contributed by atoms with E-state index in [1.54, 1.807) is 11.0 Å². The molecule has 0 radical (unpaired) electrons. The number of tetrazole rings is 1. The van der Waals surface area contributed by atoms with Gasteiger partial charge in [-0.15, -0.1) is 5.10 Å². The molecule has 1 N–H and O–H groups in total. The zero-order valence-electron chi connectivity index (χ0n) is 14.3. The van der Waals surface area contributed by atoms with Gasteiger partial charge in [0.2, 0.25) is 0 Å². The Bertz CT molecular complexity index is 849. The summed E-state index contributed by atoms with van der Waals surface area (Å²) in [6.07, 6.45) is 1.60. The van der Waals surface area contributed by atoms with Gasteiger partial charge in [0, 0.05) is 23.6 Å². The summed E-state index contributed by atoms with van der Waals surface area (Å²) in [4.78, 5) is 0. The predicted molar refractivity (Wildman–Crippen MR) is 94.8 cm³/mol. The van der Waals surface area contributed by atoms with Gasteiger partial charge in [-0.1, -0.05) is 30.3 Å². The molecular formula is C19H21N5O. The lowest BCUT2D eigenvalue weighted by molar-refractivity contribution is 0.297. The van der Waals surface area contributed by atoms with E-state index in [0.717, 1.165) is 18.0 Å². The number of para-hydroxylation sites is 1. The van der Waals surface area contributed by atoms with E-state index in [2.05, 4.69) is 59.0 Å². The summed E-state index contributed by atoms with van der Waals surface area (Å²) in [6.45, 7) is 5.12. The second kappa shape index (κ2) is 6.64. The highest BCUT2D eigenvalue weighted by Gasteiger charge is 2.29. The van der Waals surface area contributed by atoms with Crippen molar-refractivity contribution in [2.24, 2.45) is 0 Å². The molecule has 0 amide bonds. The monoisotopic (exact) mass is 335 g/mol. The molecule has 3 atom stereocenters. The summed E-state index contributed by atoms with van der Waals surface area (Å²) >= 11 is 0. The number of hydrogen-bond donors (Lipinski definition) is 1. The zero-order chi connectivity index (χ0) is 17.2. The van der Waals surface area contributed by atoms with Crippen LogP contribution in [0.25, 0.3) is 5.69 Å². The number of aromatic nitrogens is 4. The van der Waals surface area contributed by atoms with Crippen molar-refractivity contribution >= 4 is 0 Å². The van der Waals surface area contributed by atoms with Crippen molar-refractivity contribution in [3.05, 3.63) is 66.0 Å². The molecule has 0 spiro atoms. The summed E-state index contributed by atoms with van der Waals surface area (Å²) in [6, 6.07) is 17.1. The standard InChI is InChI=1S/C19H21N5O/c1-13(15-6-5-7-16(10-15)24-12-20-22-23-24)21-14(2)18-11-25-19-9-4-3-8-17(18)19/h3-10,12-14,18,21H,11H2,1-2H3/t13-,14+,18+/m0/s1. The topological polar surface area (TPSA) is 64.9 Å². The number of fused-ring (bicyclic) bond motifs is 1. The average Bonchev–Trinajstić information content (AvgIpc) is 3.31. The van der Waals surface area contributed by atoms with Crippen molar-refractivity contribution in [3.8, 4) is 11.4 Å². The first-order valence-corrected chi connectivity index (χ1v) is 8.53. The Labute approximate surface area is 146 Å². The van der Waals surface area contributed by atoms with Crippen molar-refractivity contribution < 1.29 is 4.74 Å². The fraction of sp³-hybridized carbons (Fsp3) is 0.316. The molecule has 6 nitrogen and oxygen atoms in total. The van der Waals surface area contributed by atoms with E-state index in [9.17, 15) is 0 Å². The molecule has 0 bridgehead atoms. The Morgan fingerprint density at radius 3 is 2.88 bits per heavy atom. The first kappa shape index (κ1) is 15.8. The van der Waals surface area contributed by atoms with Crippen LogP contribution in [0.5, 0.6) is 5.75 Å². The van der Waals surface area contributed by atoms with Crippen molar-refractivity contribution in [3.63, 3.8) is 0 Å². The molecule has 0 unspecified atom stereocenters. The molecule has 6 heteroatoms. The number of rotatable bonds is 5. The molecule has 1 aromatic heterocycles. The highest BCUT2D eigenvalue weighted by molar-refractivity contribution is 5.41. The molecule has 2 heterocycles. The molecule has 4 rings (SSSR count). The average molecular weight is 335 g/mol. The van der Waals surface area contributed by atoms with Gasteiger partial charge in [-0.3, -0.25) is 0 Å². The van der Waals surface area contributed by atoms with Crippen LogP contribution in [0, 0.1) is 0 Å². The number of nitrogens with one attached hydrogen (secondary N) is 1. The SMILES string of the molecule is C[C@H](N[C@H](C)[C@H]1COc2ccccc21)c1cccc(-n2cnnn2)c1. The minimum atomic E-state index is 0.208. The highest BCUT2D eigenvalue weighted by atomic mass is 16.5. The molecule has 0 saturated carbocycles. The summed E-state index contributed by atoms with van der Waals surface area (Å²) in [7, 11) is 0. The second-order valence-electron chi connectivity index (χ2n) is 6.48. The van der Waals surface area contributed by atoms with Crippen LogP contribution in [0.2, 0.25) is 0 Å². The molecule has 25 heavy (non-hydrogen) atoms. The molecule has 1 aliphatic heterocycles. The van der Waals surface area contributed by atoms with Gasteiger partial charge >= 0.3 is 0 Å². The predicted octanol–water partition coefficient (Wildman–Crippen LogP) is 2.88. The zero-order valence-corrected chi connectivity index (χ0v) is 14.3. The van der Waals surface area contributed by atoms with Crippen molar-refractivity contribution in [2.75, 3.05) is 6.61 Å². The third-order valence-electron chi connectivity index (χ3n) is 4.84. The maximum Gasteiger partial charge on any atom is 0.143 e. The van der Waals surface area contributed by atoms with Gasteiger partial charge in [0.25, 0.3) is 0 Å². The Morgan fingerprint density at radius 1 is 1.16 bits per heavy atom. The molecule has 0 saturated heterocycles. The van der Waals surface area contributed by atoms with Gasteiger partial charge in [0.1, 0.15) is 12.1 Å². The Morgan fingerprint density at radius 2 is 2.04 bits per heavy atom. The fourth-order valence-corrected chi connectivity index (χ4v) is 3.42. The van der Waals surface area contributed by atoms with E-state index in [1.165, 1.54) is 11.1 Å². The van der Waals surface area contributed by atoms with Gasteiger partial charge in [-0.25, -0.2) is 4.68 Å². The lowest BCUT2D eigenvalue weighted by atomic mass is 9.93. The second-order valence-corrected chi connectivity index (χ2v) is 6.48. The van der Waals surface area contributed by atoms with Crippen LogP contribution in [0.3, 0.4) is 0 Å². The van der Waals surface area contributed by atoms with E-state index >= 15 is 0 Å². The molecule has 128 valence electrons. The van der Waals surface area contributed by atoms with Crippen LogP contribution in [-0.2, 0) is 0 Å². The first-order chi connectivity index (χ1) is 12.2. The number of benzene rings is 2. The summed E-state index contributed by atoms with van der Waals surface area (Å²) in [5, 5.41) is 15.1. The quantitative estimate of drug-likeness (QED) is 0.777. The Kier molecular flexibility index (Phi) is 4.19. The maximum absolute atomic E-state index is 5.82. The smallest absolute Gasteiger partial charge is 0.143 e. The first-order valence-electron chi connectivity index (χ1n) is 8.53. The largest absolute Gasteiger partial charge is 0.493 e. The number of ether oxygens (including phenoxy) is 1. The van der Waals surface area contributed by atoms with Crippen LogP contribution in [0.15, 0.2) is 54.9 Å². The molecule has 3 aromatic rings. The molecule has 1 aliphatic rings. The van der Waals surface area contributed by atoms with Crippen LogP contribution in [0.4, 0.5) is 0 Å². The van der Waals surface area contributed by atoms with Crippen LogP contribution in [-0.4, -0.2) is 32.9 Å². The minimum absolute atomic E-state index is 0.208. The van der Waals surface area contributed by atoms with Crippen LogP contribution in [0.1, 0.15) is 36.9 Å². The van der Waals surface area contributed by atoms with Gasteiger partial charge in [-0.2, -0.15) is 0 Å². The molecule has 0 aliphatic carbocycles. The van der Waals surface area contributed by atoms with Crippen molar-refractivity contribution in [2.45, 2.75) is 31.8 Å². The van der Waals surface area contributed by atoms with E-state index in [-0.39, 0.29) is 6.04 Å². The molecule has 2 aromatic carbocycles. The van der Waals surface area contributed by atoms with Crippen LogP contribution < -0.4 is 10.1 Å². The number of hydrogen-bond acceptors (Lipinski definition) is 5. The van der Waals surface area contributed by atoms with Crippen molar-refractivity contribution in [1.82, 2.24) is 25.5 Å². The van der Waals surface area contributed by atoms with E-state index in [0.29, 0.717) is 12.0 Å². The fourth-order valence-electron chi connectivity index (χ4n) is 3.42. The maximum atomic E-state index is 5.82. The summed E-state index contributed by atoms with van der Waals surface area (Å²) in [5.74, 6) is 1.37. The molecular weight excluding hydrogens is 314 g/mol. The van der Waals surface area contributed by atoms with Gasteiger partial charge in [0.05, 0.1) is 12.3 Å². The minimum Gasteiger partial charge on any atom is -0.493 e. The van der Waals surface area contributed by atoms with Gasteiger partial charge < -0.3 is 10.1 Å². The lowest BCUT2D eigenvalue weighted by Gasteiger charge is -2.25. The summed E-state index contributed by atoms with van der Waals surface area (Å²) < 4.78 is 7.49. The lowest BCUT2D eigenvalue weighted by Crippen LogP contribution is -2.35. The summed E-state index contributed by atoms with van der Waals surface area (Å²) in [5.41, 5.74) is 3.45. The van der Waals surface area contributed by atoms with E-state index in [1.807, 2.05) is 24.3 Å². The van der Waals surface area contributed by atoms with Gasteiger partial charge in [-0.05, 0) is 48.0 Å². The van der Waals surface area contributed by atoms with E-state index < -0.39 is 0 Å². The third kappa shape index (κ3) is 3.13.